The highest BCUT2D eigenvalue weighted by molar-refractivity contribution is 7.10. The van der Waals surface area contributed by atoms with Gasteiger partial charge in [0.1, 0.15) is 0 Å². The van der Waals surface area contributed by atoms with Gasteiger partial charge in [0, 0.05) is 18.0 Å². The first-order valence-electron chi connectivity index (χ1n) is 6.77. The molecule has 20 heavy (non-hydrogen) atoms. The number of hydrogen-bond donors (Lipinski definition) is 2. The Bertz CT molecular complexity index is 514. The van der Waals surface area contributed by atoms with Crippen LogP contribution in [0.5, 0.6) is 0 Å². The number of nitrogens with zero attached hydrogens (tertiary/aromatic N) is 1. The number of carbonyl (C=O) groups excluding carboxylic acids is 1. The quantitative estimate of drug-likeness (QED) is 0.896. The molecule has 0 saturated carbocycles. The maximum absolute atomic E-state index is 12.1. The lowest BCUT2D eigenvalue weighted by atomic mass is 9.90. The summed E-state index contributed by atoms with van der Waals surface area (Å²) in [7, 11) is 0. The molecule has 1 aliphatic rings. The van der Waals surface area contributed by atoms with E-state index in [1.165, 1.54) is 10.4 Å². The Morgan fingerprint density at radius 2 is 2.30 bits per heavy atom. The molecule has 110 valence electrons. The van der Waals surface area contributed by atoms with Crippen LogP contribution in [0.4, 0.5) is 4.79 Å². The maximum atomic E-state index is 12.1. The molecular formula is C14H20N2O3S. The Kier molecular flexibility index (Phi) is 4.32. The van der Waals surface area contributed by atoms with E-state index in [0.29, 0.717) is 19.5 Å². The van der Waals surface area contributed by atoms with Gasteiger partial charge in [-0.05, 0) is 36.8 Å². The monoisotopic (exact) mass is 296 g/mol. The molecule has 5 nitrogen and oxygen atoms in total. The van der Waals surface area contributed by atoms with Gasteiger partial charge in [0.2, 0.25) is 0 Å². The van der Waals surface area contributed by atoms with Gasteiger partial charge in [0.15, 0.2) is 0 Å². The van der Waals surface area contributed by atoms with Crippen molar-refractivity contribution in [1.82, 2.24) is 10.2 Å². The molecular weight excluding hydrogens is 276 g/mol. The van der Waals surface area contributed by atoms with E-state index < -0.39 is 11.4 Å². The smallest absolute Gasteiger partial charge is 0.317 e. The minimum atomic E-state index is -0.834. The van der Waals surface area contributed by atoms with Gasteiger partial charge < -0.3 is 15.3 Å². The molecule has 0 aromatic carbocycles. The summed E-state index contributed by atoms with van der Waals surface area (Å²) in [5.41, 5.74) is 0.446. The van der Waals surface area contributed by atoms with Crippen molar-refractivity contribution in [2.45, 2.75) is 33.2 Å². The fourth-order valence-electron chi connectivity index (χ4n) is 2.41. The second-order valence-electron chi connectivity index (χ2n) is 5.42. The Balaban J connectivity index is 1.89. The zero-order valence-corrected chi connectivity index (χ0v) is 12.6. The largest absolute Gasteiger partial charge is 0.481 e. The second-order valence-corrected chi connectivity index (χ2v) is 6.42. The summed E-state index contributed by atoms with van der Waals surface area (Å²) in [6.07, 6.45) is 1.46. The second kappa shape index (κ2) is 5.83. The van der Waals surface area contributed by atoms with Crippen LogP contribution in [0, 0.1) is 5.41 Å². The van der Waals surface area contributed by atoms with Gasteiger partial charge in [-0.25, -0.2) is 4.79 Å². The van der Waals surface area contributed by atoms with Crippen LogP contribution >= 0.6 is 11.3 Å². The van der Waals surface area contributed by atoms with Crippen LogP contribution < -0.4 is 5.32 Å². The summed E-state index contributed by atoms with van der Waals surface area (Å²) in [4.78, 5) is 26.0. The van der Waals surface area contributed by atoms with Crippen LogP contribution in [0.25, 0.3) is 0 Å². The Hall–Kier alpha value is -1.56. The van der Waals surface area contributed by atoms with Crippen molar-refractivity contribution in [2.24, 2.45) is 5.41 Å². The summed E-state index contributed by atoms with van der Waals surface area (Å²) >= 11 is 1.64. The van der Waals surface area contributed by atoms with Crippen molar-refractivity contribution >= 4 is 23.3 Å². The number of rotatable bonds is 4. The van der Waals surface area contributed by atoms with Gasteiger partial charge in [0.05, 0.1) is 12.0 Å². The number of urea groups is 1. The molecule has 1 atom stereocenters. The van der Waals surface area contributed by atoms with E-state index in [-0.39, 0.29) is 12.6 Å². The molecule has 0 bridgehead atoms. The molecule has 2 amide bonds. The zero-order chi connectivity index (χ0) is 14.8. The number of carbonyl (C=O) groups is 2. The standard InChI is InChI=1S/C14H20N2O3S/c1-3-10-4-7-20-11(10)8-15-13(19)16-6-5-14(2,9-16)12(17)18/h4,7H,3,5-6,8-9H2,1-2H3,(H,15,19)(H,17,18). The number of aryl methyl sites for hydroxylation is 1. The van der Waals surface area contributed by atoms with Crippen molar-refractivity contribution in [3.05, 3.63) is 21.9 Å². The van der Waals surface area contributed by atoms with Gasteiger partial charge >= 0.3 is 12.0 Å². The third-order valence-corrected chi connectivity index (χ3v) is 4.86. The van der Waals surface area contributed by atoms with Crippen molar-refractivity contribution in [2.75, 3.05) is 13.1 Å². The molecule has 6 heteroatoms. The van der Waals surface area contributed by atoms with E-state index in [1.807, 2.05) is 5.38 Å². The molecule has 1 fully saturated rings. The summed E-state index contributed by atoms with van der Waals surface area (Å²) in [5.74, 6) is -0.834. The Labute approximate surface area is 122 Å². The van der Waals surface area contributed by atoms with Crippen LogP contribution in [0.3, 0.4) is 0 Å². The van der Waals surface area contributed by atoms with E-state index in [9.17, 15) is 9.59 Å². The van der Waals surface area contributed by atoms with Gasteiger partial charge in [0.25, 0.3) is 0 Å². The van der Waals surface area contributed by atoms with Crippen LogP contribution in [0.1, 0.15) is 30.7 Å². The molecule has 1 aliphatic heterocycles. The van der Waals surface area contributed by atoms with Gasteiger partial charge in [-0.15, -0.1) is 11.3 Å². The first kappa shape index (κ1) is 14.8. The van der Waals surface area contributed by atoms with E-state index >= 15 is 0 Å². The minimum absolute atomic E-state index is 0.176. The van der Waals surface area contributed by atoms with Crippen molar-refractivity contribution in [3.8, 4) is 0 Å². The fourth-order valence-corrected chi connectivity index (χ4v) is 3.33. The number of thiophene rings is 1. The lowest BCUT2D eigenvalue weighted by Crippen LogP contribution is -2.40. The summed E-state index contributed by atoms with van der Waals surface area (Å²) in [6.45, 7) is 5.07. The number of likely N-dealkylation sites (tertiary alicyclic amines) is 1. The predicted octanol–water partition coefficient (Wildman–Crippen LogP) is 2.32. The first-order chi connectivity index (χ1) is 9.46. The number of amides is 2. The number of carboxylic acid groups (broad SMARTS) is 1. The lowest BCUT2D eigenvalue weighted by Gasteiger charge is -2.20. The SMILES string of the molecule is CCc1ccsc1CNC(=O)N1CCC(C)(C(=O)O)C1. The molecule has 1 aromatic heterocycles. The lowest BCUT2D eigenvalue weighted by molar-refractivity contribution is -0.146. The topological polar surface area (TPSA) is 69.6 Å². The van der Waals surface area contributed by atoms with Gasteiger partial charge in [-0.3, -0.25) is 4.79 Å². The molecule has 1 saturated heterocycles. The molecule has 1 aromatic rings. The molecule has 0 radical (unpaired) electrons. The third-order valence-electron chi connectivity index (χ3n) is 3.90. The van der Waals surface area contributed by atoms with Crippen LogP contribution in [-0.4, -0.2) is 35.1 Å². The first-order valence-corrected chi connectivity index (χ1v) is 7.65. The maximum Gasteiger partial charge on any atom is 0.317 e. The highest BCUT2D eigenvalue weighted by Gasteiger charge is 2.42. The molecule has 2 N–H and O–H groups in total. The van der Waals surface area contributed by atoms with Gasteiger partial charge in [-0.2, -0.15) is 0 Å². The van der Waals surface area contributed by atoms with Crippen LogP contribution in [-0.2, 0) is 17.8 Å². The van der Waals surface area contributed by atoms with Crippen LogP contribution in [0.15, 0.2) is 11.4 Å². The third kappa shape index (κ3) is 2.95. The summed E-state index contributed by atoms with van der Waals surface area (Å²) < 4.78 is 0. The van der Waals surface area contributed by atoms with E-state index in [0.717, 1.165) is 6.42 Å². The van der Waals surface area contributed by atoms with Crippen molar-refractivity contribution < 1.29 is 14.7 Å². The molecule has 1 unspecified atom stereocenters. The van der Waals surface area contributed by atoms with Crippen molar-refractivity contribution in [3.63, 3.8) is 0 Å². The van der Waals surface area contributed by atoms with E-state index in [2.05, 4.69) is 18.3 Å². The number of carboxylic acids is 1. The van der Waals surface area contributed by atoms with Crippen molar-refractivity contribution in [1.29, 1.82) is 0 Å². The van der Waals surface area contributed by atoms with E-state index in [4.69, 9.17) is 5.11 Å². The zero-order valence-electron chi connectivity index (χ0n) is 11.8. The molecule has 2 heterocycles. The minimum Gasteiger partial charge on any atom is -0.481 e. The molecule has 0 spiro atoms. The fraction of sp³-hybridized carbons (Fsp3) is 0.571. The average molecular weight is 296 g/mol. The average Bonchev–Trinajstić information content (AvgIpc) is 3.03. The summed E-state index contributed by atoms with van der Waals surface area (Å²) in [6, 6.07) is 1.90. The molecule has 0 aliphatic carbocycles. The van der Waals surface area contributed by atoms with Gasteiger partial charge in [-0.1, -0.05) is 6.92 Å². The predicted molar refractivity (Wildman–Crippen MR) is 77.9 cm³/mol. The Morgan fingerprint density at radius 1 is 1.55 bits per heavy atom. The highest BCUT2D eigenvalue weighted by atomic mass is 32.1. The summed E-state index contributed by atoms with van der Waals surface area (Å²) in [5, 5.41) is 14.1. The molecule has 2 rings (SSSR count). The number of aliphatic carboxylic acids is 1. The van der Waals surface area contributed by atoms with E-state index in [1.54, 1.807) is 23.2 Å². The Morgan fingerprint density at radius 3 is 2.90 bits per heavy atom. The number of hydrogen-bond acceptors (Lipinski definition) is 3. The van der Waals surface area contributed by atoms with Crippen LogP contribution in [0.2, 0.25) is 0 Å². The number of nitrogens with one attached hydrogen (secondary N) is 1. The highest BCUT2D eigenvalue weighted by Crippen LogP contribution is 2.30. The normalized spacial score (nSPS) is 22.0.